The third-order valence-corrected chi connectivity index (χ3v) is 4.37. The maximum absolute atomic E-state index is 12.3. The molecule has 0 bridgehead atoms. The summed E-state index contributed by atoms with van der Waals surface area (Å²) in [5.74, 6) is -0.289. The van der Waals surface area contributed by atoms with E-state index in [-0.39, 0.29) is 24.3 Å². The molecule has 2 aromatic rings. The summed E-state index contributed by atoms with van der Waals surface area (Å²) < 4.78 is 0. The predicted molar refractivity (Wildman–Crippen MR) is 88.6 cm³/mol. The molecule has 1 N–H and O–H groups in total. The highest BCUT2D eigenvalue weighted by molar-refractivity contribution is 7.15. The first-order valence-electron chi connectivity index (χ1n) is 7.20. The van der Waals surface area contributed by atoms with Crippen molar-refractivity contribution >= 4 is 34.4 Å². The van der Waals surface area contributed by atoms with Gasteiger partial charge in [-0.15, -0.1) is 10.2 Å². The van der Waals surface area contributed by atoms with Crippen molar-refractivity contribution < 1.29 is 9.59 Å². The second-order valence-corrected chi connectivity index (χ2v) is 6.45. The van der Waals surface area contributed by atoms with Gasteiger partial charge in [0.25, 0.3) is 0 Å². The van der Waals surface area contributed by atoms with Gasteiger partial charge in [-0.2, -0.15) is 0 Å². The average Bonchev–Trinajstić information content (AvgIpc) is 2.92. The number of rotatable bonds is 3. The lowest BCUT2D eigenvalue weighted by atomic mass is 9.93. The minimum absolute atomic E-state index is 0.0969. The summed E-state index contributed by atoms with van der Waals surface area (Å²) in [6, 6.07) is 7.45. The van der Waals surface area contributed by atoms with Gasteiger partial charge in [-0.1, -0.05) is 35.6 Å². The fourth-order valence-corrected chi connectivity index (χ4v) is 3.21. The number of amides is 2. The lowest BCUT2D eigenvalue weighted by Crippen LogP contribution is -2.33. The van der Waals surface area contributed by atoms with E-state index in [9.17, 15) is 9.59 Å². The second-order valence-electron chi connectivity index (χ2n) is 5.27. The van der Waals surface area contributed by atoms with E-state index in [4.69, 9.17) is 0 Å². The van der Waals surface area contributed by atoms with Crippen LogP contribution in [0.15, 0.2) is 30.5 Å². The zero-order valence-electron chi connectivity index (χ0n) is 12.8. The van der Waals surface area contributed by atoms with Gasteiger partial charge >= 0.3 is 0 Å². The number of carbonyl (C=O) groups excluding carboxylic acids is 2. The Hall–Kier alpha value is -2.54. The summed E-state index contributed by atoms with van der Waals surface area (Å²) in [7, 11) is 0. The van der Waals surface area contributed by atoms with Crippen LogP contribution in [0.5, 0.6) is 0 Å². The molecular formula is C16H16N4O2S. The van der Waals surface area contributed by atoms with Crippen LogP contribution >= 0.6 is 11.3 Å². The summed E-state index contributed by atoms with van der Waals surface area (Å²) in [5.41, 5.74) is 1.99. The molecule has 0 fully saturated rings. The molecule has 7 heteroatoms. The largest absolute Gasteiger partial charge is 0.311 e. The second kappa shape index (κ2) is 6.29. The van der Waals surface area contributed by atoms with Crippen LogP contribution in [-0.4, -0.2) is 26.9 Å². The van der Waals surface area contributed by atoms with Crippen molar-refractivity contribution in [3.05, 3.63) is 46.6 Å². The number of benzene rings is 1. The molecular weight excluding hydrogens is 312 g/mol. The van der Waals surface area contributed by atoms with E-state index >= 15 is 0 Å². The Morgan fingerprint density at radius 1 is 1.30 bits per heavy atom. The standard InChI is InChI=1S/C16H16N4O2S/c1-10-18-19-16(23-10)17-15(22)9-14-13-6-4-3-5-12(13)7-8-20(14)11(2)21/h3-8,14H,9H2,1-2H3,(H,17,19,22)/t14-/m0/s1. The Kier molecular flexibility index (Phi) is 4.20. The van der Waals surface area contributed by atoms with Crippen LogP contribution < -0.4 is 5.32 Å². The first-order valence-corrected chi connectivity index (χ1v) is 8.02. The predicted octanol–water partition coefficient (Wildman–Crippen LogP) is 2.75. The number of aromatic nitrogens is 2. The Balaban J connectivity index is 1.81. The zero-order valence-corrected chi connectivity index (χ0v) is 13.6. The Labute approximate surface area is 137 Å². The maximum Gasteiger partial charge on any atom is 0.228 e. The molecule has 23 heavy (non-hydrogen) atoms. The number of fused-ring (bicyclic) bond motifs is 1. The van der Waals surface area contributed by atoms with E-state index in [1.807, 2.05) is 37.3 Å². The van der Waals surface area contributed by atoms with Gasteiger partial charge in [0.2, 0.25) is 16.9 Å². The number of anilines is 1. The van der Waals surface area contributed by atoms with Crippen LogP contribution in [0.1, 0.15) is 35.5 Å². The minimum Gasteiger partial charge on any atom is -0.311 e. The minimum atomic E-state index is -0.317. The fraction of sp³-hybridized carbons (Fsp3) is 0.250. The molecule has 1 aromatic heterocycles. The molecule has 0 radical (unpaired) electrons. The molecule has 1 atom stereocenters. The molecule has 0 aliphatic carbocycles. The Morgan fingerprint density at radius 3 is 2.78 bits per heavy atom. The Bertz CT molecular complexity index is 784. The summed E-state index contributed by atoms with van der Waals surface area (Å²) in [5, 5.41) is 11.8. The molecule has 1 aliphatic heterocycles. The fourth-order valence-electron chi connectivity index (χ4n) is 2.61. The summed E-state index contributed by atoms with van der Waals surface area (Å²) >= 11 is 1.32. The van der Waals surface area contributed by atoms with Gasteiger partial charge in [-0.25, -0.2) is 0 Å². The van der Waals surface area contributed by atoms with Crippen molar-refractivity contribution in [1.82, 2.24) is 15.1 Å². The van der Waals surface area contributed by atoms with E-state index in [0.717, 1.165) is 16.1 Å². The van der Waals surface area contributed by atoms with E-state index in [0.29, 0.717) is 5.13 Å². The van der Waals surface area contributed by atoms with Gasteiger partial charge < -0.3 is 10.2 Å². The highest BCUT2D eigenvalue weighted by Crippen LogP contribution is 2.33. The first kappa shape index (κ1) is 15.4. The van der Waals surface area contributed by atoms with Gasteiger partial charge in [-0.05, 0) is 24.1 Å². The van der Waals surface area contributed by atoms with Gasteiger partial charge in [0.1, 0.15) is 5.01 Å². The van der Waals surface area contributed by atoms with Gasteiger partial charge in [-0.3, -0.25) is 9.59 Å². The smallest absolute Gasteiger partial charge is 0.228 e. The maximum atomic E-state index is 12.3. The lowest BCUT2D eigenvalue weighted by Gasteiger charge is -2.32. The van der Waals surface area contributed by atoms with Crippen LogP contribution in [-0.2, 0) is 9.59 Å². The summed E-state index contributed by atoms with van der Waals surface area (Å²) in [4.78, 5) is 25.8. The molecule has 0 unspecified atom stereocenters. The topological polar surface area (TPSA) is 75.2 Å². The number of nitrogens with zero attached hydrogens (tertiary/aromatic N) is 3. The van der Waals surface area contributed by atoms with Crippen molar-refractivity contribution in [1.29, 1.82) is 0 Å². The van der Waals surface area contributed by atoms with Gasteiger partial charge in [0.15, 0.2) is 0 Å². The zero-order chi connectivity index (χ0) is 16.4. The van der Waals surface area contributed by atoms with Crippen molar-refractivity contribution in [2.24, 2.45) is 0 Å². The summed E-state index contributed by atoms with van der Waals surface area (Å²) in [6.07, 6.45) is 3.79. The molecule has 0 saturated heterocycles. The summed E-state index contributed by atoms with van der Waals surface area (Å²) in [6.45, 7) is 3.32. The monoisotopic (exact) mass is 328 g/mol. The molecule has 0 saturated carbocycles. The van der Waals surface area contributed by atoms with E-state index in [1.165, 1.54) is 18.3 Å². The average molecular weight is 328 g/mol. The molecule has 2 heterocycles. The molecule has 1 aliphatic rings. The van der Waals surface area contributed by atoms with E-state index in [2.05, 4.69) is 15.5 Å². The molecule has 6 nitrogen and oxygen atoms in total. The van der Waals surface area contributed by atoms with Crippen molar-refractivity contribution in [2.45, 2.75) is 26.3 Å². The highest BCUT2D eigenvalue weighted by Gasteiger charge is 2.28. The van der Waals surface area contributed by atoms with Crippen LogP contribution in [0.4, 0.5) is 5.13 Å². The van der Waals surface area contributed by atoms with Crippen molar-refractivity contribution in [2.75, 3.05) is 5.32 Å². The number of nitrogens with one attached hydrogen (secondary N) is 1. The number of carbonyl (C=O) groups is 2. The normalized spacial score (nSPS) is 16.1. The van der Waals surface area contributed by atoms with Crippen LogP contribution in [0.25, 0.3) is 6.08 Å². The third kappa shape index (κ3) is 3.29. The van der Waals surface area contributed by atoms with Gasteiger partial charge in [0.05, 0.1) is 12.5 Å². The molecule has 1 aromatic carbocycles. The van der Waals surface area contributed by atoms with Crippen molar-refractivity contribution in [3.63, 3.8) is 0 Å². The molecule has 2 amide bonds. The van der Waals surface area contributed by atoms with Crippen molar-refractivity contribution in [3.8, 4) is 0 Å². The highest BCUT2D eigenvalue weighted by atomic mass is 32.1. The van der Waals surface area contributed by atoms with Crippen LogP contribution in [0, 0.1) is 6.92 Å². The quantitative estimate of drug-likeness (QED) is 0.940. The van der Waals surface area contributed by atoms with Crippen LogP contribution in [0.3, 0.4) is 0 Å². The number of hydrogen-bond acceptors (Lipinski definition) is 5. The Morgan fingerprint density at radius 2 is 2.09 bits per heavy atom. The first-order chi connectivity index (χ1) is 11.0. The lowest BCUT2D eigenvalue weighted by molar-refractivity contribution is -0.129. The van der Waals surface area contributed by atoms with E-state index in [1.54, 1.807) is 11.1 Å². The number of hydrogen-bond donors (Lipinski definition) is 1. The molecule has 0 spiro atoms. The van der Waals surface area contributed by atoms with Crippen LogP contribution in [0.2, 0.25) is 0 Å². The molecule has 118 valence electrons. The van der Waals surface area contributed by atoms with E-state index < -0.39 is 0 Å². The number of aryl methyl sites for hydroxylation is 1. The van der Waals surface area contributed by atoms with Gasteiger partial charge in [0, 0.05) is 13.1 Å². The molecule has 3 rings (SSSR count). The SMILES string of the molecule is CC(=O)N1C=Cc2ccccc2[C@@H]1CC(=O)Nc1nnc(C)s1. The third-order valence-electron chi connectivity index (χ3n) is 3.62.